The Bertz CT molecular complexity index is 760. The molecule has 0 saturated carbocycles. The average Bonchev–Trinajstić information content (AvgIpc) is 3.08. The molecule has 0 N–H and O–H groups in total. The Morgan fingerprint density at radius 1 is 1.14 bits per heavy atom. The van der Waals surface area contributed by atoms with Crippen molar-refractivity contribution in [2.75, 3.05) is 24.7 Å². The number of hydrogen-bond donors (Lipinski definition) is 0. The molecule has 0 aliphatic carbocycles. The number of rotatable bonds is 11. The maximum atomic E-state index is 13.0. The van der Waals surface area contributed by atoms with Gasteiger partial charge in [0.2, 0.25) is 5.91 Å². The molecule has 2 aromatic rings. The second kappa shape index (κ2) is 11.4. The molecule has 0 aliphatic heterocycles. The van der Waals surface area contributed by atoms with Crippen LogP contribution in [0.4, 0.5) is 5.69 Å². The second-order valence-electron chi connectivity index (χ2n) is 7.72. The molecule has 1 aromatic carbocycles. The zero-order valence-electron chi connectivity index (χ0n) is 18.6. The zero-order valence-corrected chi connectivity index (χ0v) is 19.4. The largest absolute Gasteiger partial charge is 0.309 e. The number of carbonyl (C=O) groups is 1. The van der Waals surface area contributed by atoms with Gasteiger partial charge < -0.3 is 9.47 Å². The fraction of sp³-hybridized carbons (Fsp3) is 0.591. The van der Waals surface area contributed by atoms with Crippen molar-refractivity contribution in [1.82, 2.24) is 19.7 Å². The van der Waals surface area contributed by atoms with E-state index in [-0.39, 0.29) is 18.0 Å². The fourth-order valence-corrected chi connectivity index (χ4v) is 4.30. The van der Waals surface area contributed by atoms with Crippen LogP contribution in [0.5, 0.6) is 0 Å². The van der Waals surface area contributed by atoms with Crippen LogP contribution in [0.25, 0.3) is 0 Å². The van der Waals surface area contributed by atoms with Crippen molar-refractivity contribution in [2.45, 2.75) is 70.7 Å². The van der Waals surface area contributed by atoms with Gasteiger partial charge in [-0.3, -0.25) is 9.69 Å². The first-order valence-electron chi connectivity index (χ1n) is 10.5. The molecule has 6 nitrogen and oxygen atoms in total. The molecule has 29 heavy (non-hydrogen) atoms. The molecule has 0 spiro atoms. The quantitative estimate of drug-likeness (QED) is 0.499. The molecule has 160 valence electrons. The van der Waals surface area contributed by atoms with E-state index in [0.717, 1.165) is 42.5 Å². The van der Waals surface area contributed by atoms with Crippen molar-refractivity contribution < 1.29 is 4.79 Å². The third-order valence-electron chi connectivity index (χ3n) is 4.93. The number of nitrogens with zero attached hydrogens (tertiary/aromatic N) is 5. The number of amides is 1. The van der Waals surface area contributed by atoms with Crippen LogP contribution in [0, 0.1) is 0 Å². The Labute approximate surface area is 179 Å². The molecule has 0 fully saturated rings. The summed E-state index contributed by atoms with van der Waals surface area (Å²) in [5.41, 5.74) is 0.930. The Morgan fingerprint density at radius 2 is 1.83 bits per heavy atom. The van der Waals surface area contributed by atoms with Gasteiger partial charge in [-0.25, -0.2) is 0 Å². The number of thioether (sulfide) groups is 1. The molecule has 0 bridgehead atoms. The number of aromatic nitrogens is 3. The molecule has 1 unspecified atom stereocenters. The standard InChI is InChI=1S/C22H35N5OS/c1-7-9-15-26-21(19(8-2)25(5)6)23-24-22(26)29-16-20(28)27(17(3)4)18-13-11-10-12-14-18/h10-14,17,19H,7-9,15-16H2,1-6H3. The summed E-state index contributed by atoms with van der Waals surface area (Å²) in [7, 11) is 4.15. The fourth-order valence-electron chi connectivity index (χ4n) is 3.47. The van der Waals surface area contributed by atoms with Gasteiger partial charge >= 0.3 is 0 Å². The van der Waals surface area contributed by atoms with Gasteiger partial charge in [-0.05, 0) is 52.9 Å². The molecule has 0 radical (unpaired) electrons. The number of unbranched alkanes of at least 4 members (excludes halogenated alkanes) is 1. The van der Waals surface area contributed by atoms with E-state index in [9.17, 15) is 4.79 Å². The summed E-state index contributed by atoms with van der Waals surface area (Å²) in [6.45, 7) is 9.32. The summed E-state index contributed by atoms with van der Waals surface area (Å²) in [4.78, 5) is 17.1. The lowest BCUT2D eigenvalue weighted by Crippen LogP contribution is -2.38. The predicted molar refractivity (Wildman–Crippen MR) is 121 cm³/mol. The highest BCUT2D eigenvalue weighted by molar-refractivity contribution is 7.99. The number of anilines is 1. The van der Waals surface area contributed by atoms with Crippen LogP contribution in [0.15, 0.2) is 35.5 Å². The Balaban J connectivity index is 2.20. The number of carbonyl (C=O) groups excluding carboxylic acids is 1. The molecular formula is C22H35N5OS. The molecule has 1 atom stereocenters. The normalized spacial score (nSPS) is 12.6. The molecule has 7 heteroatoms. The maximum absolute atomic E-state index is 13.0. The van der Waals surface area contributed by atoms with Gasteiger partial charge in [0.15, 0.2) is 11.0 Å². The SMILES string of the molecule is CCCCn1c(SCC(=O)N(c2ccccc2)C(C)C)nnc1C(CC)N(C)C. The summed E-state index contributed by atoms with van der Waals surface area (Å²) in [5.74, 6) is 1.42. The van der Waals surface area contributed by atoms with Crippen LogP contribution >= 0.6 is 11.8 Å². The van der Waals surface area contributed by atoms with Crippen molar-refractivity contribution in [1.29, 1.82) is 0 Å². The molecule has 1 amide bonds. The summed E-state index contributed by atoms with van der Waals surface area (Å²) in [6, 6.07) is 10.2. The van der Waals surface area contributed by atoms with E-state index in [1.165, 1.54) is 11.8 Å². The first-order valence-corrected chi connectivity index (χ1v) is 11.5. The smallest absolute Gasteiger partial charge is 0.237 e. The highest BCUT2D eigenvalue weighted by Gasteiger charge is 2.24. The average molecular weight is 418 g/mol. The molecule has 1 heterocycles. The van der Waals surface area contributed by atoms with Gasteiger partial charge in [-0.15, -0.1) is 10.2 Å². The summed E-state index contributed by atoms with van der Waals surface area (Å²) in [6.07, 6.45) is 3.14. The monoisotopic (exact) mass is 417 g/mol. The van der Waals surface area contributed by atoms with Crippen LogP contribution in [-0.2, 0) is 11.3 Å². The van der Waals surface area contributed by atoms with E-state index in [2.05, 4.69) is 47.6 Å². The van der Waals surface area contributed by atoms with Gasteiger partial charge in [-0.1, -0.05) is 50.2 Å². The predicted octanol–water partition coefficient (Wildman–Crippen LogP) is 4.62. The van der Waals surface area contributed by atoms with Crippen LogP contribution in [-0.4, -0.2) is 51.5 Å². The third-order valence-corrected chi connectivity index (χ3v) is 5.88. The summed E-state index contributed by atoms with van der Waals surface area (Å²) in [5, 5.41) is 9.78. The molecule has 1 aromatic heterocycles. The molecular weight excluding hydrogens is 382 g/mol. The third kappa shape index (κ3) is 6.06. The first kappa shape index (κ1) is 23.4. The van der Waals surface area contributed by atoms with E-state index < -0.39 is 0 Å². The Morgan fingerprint density at radius 3 is 2.38 bits per heavy atom. The lowest BCUT2D eigenvalue weighted by Gasteiger charge is -2.27. The van der Waals surface area contributed by atoms with Crippen LogP contribution in [0.2, 0.25) is 0 Å². The van der Waals surface area contributed by atoms with Crippen LogP contribution in [0.1, 0.15) is 58.8 Å². The summed E-state index contributed by atoms with van der Waals surface area (Å²) >= 11 is 1.49. The van der Waals surface area contributed by atoms with Gasteiger partial charge in [0.25, 0.3) is 0 Å². The topological polar surface area (TPSA) is 54.3 Å². The molecule has 2 rings (SSSR count). The number of benzene rings is 1. The highest BCUT2D eigenvalue weighted by Crippen LogP contribution is 2.27. The number of para-hydroxylation sites is 1. The summed E-state index contributed by atoms with van der Waals surface area (Å²) < 4.78 is 2.21. The van der Waals surface area contributed by atoms with Gasteiger partial charge in [0.1, 0.15) is 0 Å². The molecule has 0 aliphatic rings. The minimum Gasteiger partial charge on any atom is -0.309 e. The van der Waals surface area contributed by atoms with Crippen molar-refractivity contribution >= 4 is 23.4 Å². The minimum atomic E-state index is 0.0856. The first-order chi connectivity index (χ1) is 13.9. The lowest BCUT2D eigenvalue weighted by atomic mass is 10.2. The van der Waals surface area contributed by atoms with Gasteiger partial charge in [0.05, 0.1) is 11.8 Å². The molecule has 0 saturated heterocycles. The highest BCUT2D eigenvalue weighted by atomic mass is 32.2. The minimum absolute atomic E-state index is 0.0856. The van der Waals surface area contributed by atoms with Crippen molar-refractivity contribution in [3.05, 3.63) is 36.2 Å². The Kier molecular flexibility index (Phi) is 9.17. The Hall–Kier alpha value is -1.86. The van der Waals surface area contributed by atoms with Crippen LogP contribution in [0.3, 0.4) is 0 Å². The van der Waals surface area contributed by atoms with Crippen molar-refractivity contribution in [3.8, 4) is 0 Å². The number of hydrogen-bond acceptors (Lipinski definition) is 5. The lowest BCUT2D eigenvalue weighted by molar-refractivity contribution is -0.116. The maximum Gasteiger partial charge on any atom is 0.237 e. The van der Waals surface area contributed by atoms with E-state index in [1.807, 2.05) is 49.1 Å². The van der Waals surface area contributed by atoms with Crippen molar-refractivity contribution in [2.24, 2.45) is 0 Å². The van der Waals surface area contributed by atoms with E-state index in [4.69, 9.17) is 0 Å². The van der Waals surface area contributed by atoms with Crippen LogP contribution < -0.4 is 4.90 Å². The van der Waals surface area contributed by atoms with E-state index >= 15 is 0 Å². The van der Waals surface area contributed by atoms with Crippen molar-refractivity contribution in [3.63, 3.8) is 0 Å². The van der Waals surface area contributed by atoms with E-state index in [0.29, 0.717) is 5.75 Å². The van der Waals surface area contributed by atoms with E-state index in [1.54, 1.807) is 0 Å². The van der Waals surface area contributed by atoms with Gasteiger partial charge in [0, 0.05) is 18.3 Å². The van der Waals surface area contributed by atoms with Gasteiger partial charge in [-0.2, -0.15) is 0 Å². The zero-order chi connectivity index (χ0) is 21.4. The second-order valence-corrected chi connectivity index (χ2v) is 8.66.